The number of carbonyl (C=O) groups is 1. The lowest BCUT2D eigenvalue weighted by Gasteiger charge is -2.25. The van der Waals surface area contributed by atoms with E-state index in [9.17, 15) is 4.79 Å². The van der Waals surface area contributed by atoms with Gasteiger partial charge < -0.3 is 5.32 Å². The number of amides is 1. The molecule has 1 saturated carbocycles. The third-order valence-corrected chi connectivity index (χ3v) is 3.64. The minimum atomic E-state index is -0.00579. The molecule has 0 bridgehead atoms. The molecule has 1 aromatic heterocycles. The van der Waals surface area contributed by atoms with Crippen LogP contribution in [0.1, 0.15) is 41.6 Å². The van der Waals surface area contributed by atoms with E-state index in [0.29, 0.717) is 10.8 Å². The number of aromatic nitrogens is 2. The molecule has 1 aromatic rings. The van der Waals surface area contributed by atoms with Crippen molar-refractivity contribution in [2.45, 2.75) is 32.6 Å². The number of rotatable bonds is 4. The van der Waals surface area contributed by atoms with Crippen molar-refractivity contribution >= 4 is 17.4 Å². The summed E-state index contributed by atoms with van der Waals surface area (Å²) in [5, 5.41) is 6.88. The smallest absolute Gasteiger partial charge is 0.264 e. The van der Waals surface area contributed by atoms with Gasteiger partial charge in [-0.3, -0.25) is 4.79 Å². The summed E-state index contributed by atoms with van der Waals surface area (Å²) in [4.78, 5) is 12.4. The highest BCUT2D eigenvalue weighted by Crippen LogP contribution is 2.25. The summed E-state index contributed by atoms with van der Waals surface area (Å²) in [5.41, 5.74) is 0.811. The molecule has 82 valence electrons. The molecule has 1 fully saturated rings. The molecule has 0 saturated heterocycles. The molecule has 0 aliphatic heterocycles. The summed E-state index contributed by atoms with van der Waals surface area (Å²) in [6.07, 6.45) is 4.58. The fourth-order valence-corrected chi connectivity index (χ4v) is 2.29. The van der Waals surface area contributed by atoms with Gasteiger partial charge >= 0.3 is 0 Å². The van der Waals surface area contributed by atoms with Gasteiger partial charge in [0.25, 0.3) is 5.91 Å². The van der Waals surface area contributed by atoms with Gasteiger partial charge in [-0.15, -0.1) is 5.10 Å². The minimum Gasteiger partial charge on any atom is -0.351 e. The Balaban J connectivity index is 1.89. The Morgan fingerprint density at radius 1 is 1.60 bits per heavy atom. The standard InChI is InChI=1S/C10H15N3OS/c1-2-8-9(15-13-12-8)10(14)11-6-7-4-3-5-7/h7H,2-6H2,1H3,(H,11,14). The highest BCUT2D eigenvalue weighted by atomic mass is 32.1. The molecule has 1 aliphatic carbocycles. The topological polar surface area (TPSA) is 54.9 Å². The maximum atomic E-state index is 11.7. The van der Waals surface area contributed by atoms with Crippen molar-refractivity contribution in [3.8, 4) is 0 Å². The Hall–Kier alpha value is -0.970. The van der Waals surface area contributed by atoms with Crippen LogP contribution in [-0.2, 0) is 6.42 Å². The predicted molar refractivity (Wildman–Crippen MR) is 59.0 cm³/mol. The molecule has 1 heterocycles. The molecule has 0 radical (unpaired) electrons. The number of carbonyl (C=O) groups excluding carboxylic acids is 1. The molecule has 1 amide bonds. The summed E-state index contributed by atoms with van der Waals surface area (Å²) < 4.78 is 3.81. The van der Waals surface area contributed by atoms with E-state index >= 15 is 0 Å². The van der Waals surface area contributed by atoms with Gasteiger partial charge in [0.2, 0.25) is 0 Å². The quantitative estimate of drug-likeness (QED) is 0.847. The molecule has 1 aliphatic rings. The maximum absolute atomic E-state index is 11.7. The van der Waals surface area contributed by atoms with E-state index in [1.54, 1.807) is 0 Å². The van der Waals surface area contributed by atoms with Crippen molar-refractivity contribution in [2.24, 2.45) is 5.92 Å². The van der Waals surface area contributed by atoms with Gasteiger partial charge in [-0.25, -0.2) is 0 Å². The molecule has 5 heteroatoms. The van der Waals surface area contributed by atoms with E-state index in [2.05, 4.69) is 14.9 Å². The van der Waals surface area contributed by atoms with Gasteiger partial charge in [-0.1, -0.05) is 17.8 Å². The lowest BCUT2D eigenvalue weighted by atomic mass is 9.85. The Morgan fingerprint density at radius 2 is 2.40 bits per heavy atom. The van der Waals surface area contributed by atoms with Crippen molar-refractivity contribution in [3.05, 3.63) is 10.6 Å². The van der Waals surface area contributed by atoms with Gasteiger partial charge in [0.05, 0.1) is 5.69 Å². The summed E-state index contributed by atoms with van der Waals surface area (Å²) in [6, 6.07) is 0. The van der Waals surface area contributed by atoms with Gasteiger partial charge in [0, 0.05) is 6.54 Å². The highest BCUT2D eigenvalue weighted by molar-refractivity contribution is 7.08. The molecule has 15 heavy (non-hydrogen) atoms. The van der Waals surface area contributed by atoms with E-state index in [1.807, 2.05) is 6.92 Å². The Kier molecular flexibility index (Phi) is 3.30. The van der Waals surface area contributed by atoms with Gasteiger partial charge in [0.1, 0.15) is 4.88 Å². The number of aryl methyl sites for hydroxylation is 1. The zero-order chi connectivity index (χ0) is 10.7. The van der Waals surface area contributed by atoms with Gasteiger partial charge in [-0.05, 0) is 36.7 Å². The summed E-state index contributed by atoms with van der Waals surface area (Å²) in [5.74, 6) is 0.689. The van der Waals surface area contributed by atoms with E-state index in [1.165, 1.54) is 30.8 Å². The van der Waals surface area contributed by atoms with Crippen LogP contribution in [0.4, 0.5) is 0 Å². The van der Waals surface area contributed by atoms with Crippen molar-refractivity contribution in [2.75, 3.05) is 6.54 Å². The third kappa shape index (κ3) is 2.34. The van der Waals surface area contributed by atoms with Crippen molar-refractivity contribution in [3.63, 3.8) is 0 Å². The van der Waals surface area contributed by atoms with Crippen molar-refractivity contribution < 1.29 is 4.79 Å². The first-order valence-electron chi connectivity index (χ1n) is 5.40. The average Bonchev–Trinajstić information content (AvgIpc) is 2.62. The lowest BCUT2D eigenvalue weighted by molar-refractivity contribution is 0.0942. The van der Waals surface area contributed by atoms with Crippen molar-refractivity contribution in [1.29, 1.82) is 0 Å². The summed E-state index contributed by atoms with van der Waals surface area (Å²) in [6.45, 7) is 2.79. The van der Waals surface area contributed by atoms with Crippen molar-refractivity contribution in [1.82, 2.24) is 14.9 Å². The second-order valence-electron chi connectivity index (χ2n) is 3.91. The first kappa shape index (κ1) is 10.5. The third-order valence-electron chi connectivity index (χ3n) is 2.87. The summed E-state index contributed by atoms with van der Waals surface area (Å²) >= 11 is 1.19. The first-order chi connectivity index (χ1) is 7.31. The Morgan fingerprint density at radius 3 is 3.00 bits per heavy atom. The van der Waals surface area contributed by atoms with E-state index < -0.39 is 0 Å². The van der Waals surface area contributed by atoms with E-state index in [-0.39, 0.29) is 5.91 Å². The fraction of sp³-hybridized carbons (Fsp3) is 0.700. The van der Waals surface area contributed by atoms with Crippen LogP contribution in [0.5, 0.6) is 0 Å². The second kappa shape index (κ2) is 4.70. The zero-order valence-electron chi connectivity index (χ0n) is 8.82. The zero-order valence-corrected chi connectivity index (χ0v) is 9.64. The van der Waals surface area contributed by atoms with Gasteiger partial charge in [-0.2, -0.15) is 0 Å². The molecule has 0 unspecified atom stereocenters. The molecular formula is C10H15N3OS. The van der Waals surface area contributed by atoms with Gasteiger partial charge in [0.15, 0.2) is 0 Å². The van der Waals surface area contributed by atoms with Crippen LogP contribution in [0.2, 0.25) is 0 Å². The molecule has 0 aromatic carbocycles. The number of nitrogens with one attached hydrogen (secondary N) is 1. The number of hydrogen-bond acceptors (Lipinski definition) is 4. The van der Waals surface area contributed by atoms with E-state index in [4.69, 9.17) is 0 Å². The number of nitrogens with zero attached hydrogens (tertiary/aromatic N) is 2. The van der Waals surface area contributed by atoms with E-state index in [0.717, 1.165) is 18.7 Å². The SMILES string of the molecule is CCc1nnsc1C(=O)NCC1CCC1. The fourth-order valence-electron chi connectivity index (χ4n) is 1.63. The lowest BCUT2D eigenvalue weighted by Crippen LogP contribution is -2.32. The van der Waals surface area contributed by atoms with Crippen LogP contribution in [0.25, 0.3) is 0 Å². The van der Waals surface area contributed by atoms with Crippen LogP contribution in [0, 0.1) is 5.92 Å². The highest BCUT2D eigenvalue weighted by Gasteiger charge is 2.20. The molecular weight excluding hydrogens is 210 g/mol. The van der Waals surface area contributed by atoms with Crippen LogP contribution in [-0.4, -0.2) is 22.0 Å². The number of hydrogen-bond donors (Lipinski definition) is 1. The molecule has 0 spiro atoms. The second-order valence-corrected chi connectivity index (χ2v) is 4.66. The maximum Gasteiger partial charge on any atom is 0.264 e. The average molecular weight is 225 g/mol. The molecule has 0 atom stereocenters. The molecule has 2 rings (SSSR count). The van der Waals surface area contributed by atoms with Crippen LogP contribution < -0.4 is 5.32 Å². The largest absolute Gasteiger partial charge is 0.351 e. The molecule has 1 N–H and O–H groups in total. The Bertz CT molecular complexity index is 346. The van der Waals surface area contributed by atoms with Crippen LogP contribution in [0.3, 0.4) is 0 Å². The van der Waals surface area contributed by atoms with Crippen LogP contribution >= 0.6 is 11.5 Å². The van der Waals surface area contributed by atoms with Crippen LogP contribution in [0.15, 0.2) is 0 Å². The molecule has 4 nitrogen and oxygen atoms in total. The first-order valence-corrected chi connectivity index (χ1v) is 6.18. The normalized spacial score (nSPS) is 16.1. The monoisotopic (exact) mass is 225 g/mol. The summed E-state index contributed by atoms with van der Waals surface area (Å²) in [7, 11) is 0. The predicted octanol–water partition coefficient (Wildman–Crippen LogP) is 1.63. The Labute approximate surface area is 93.2 Å². The minimum absolute atomic E-state index is 0.00579.